The van der Waals surface area contributed by atoms with Crippen LogP contribution in [0.5, 0.6) is 0 Å². The summed E-state index contributed by atoms with van der Waals surface area (Å²) in [6.45, 7) is 0.915. The zero-order valence-electron chi connectivity index (χ0n) is 18.5. The third kappa shape index (κ3) is 5.61. The molecule has 194 valence electrons. The smallest absolute Gasteiger partial charge is 0.324 e. The molecule has 1 spiro atoms. The average Bonchev–Trinajstić information content (AvgIpc) is 3.21. The van der Waals surface area contributed by atoms with E-state index < -0.39 is 40.1 Å². The Hall–Kier alpha value is -2.41. The van der Waals surface area contributed by atoms with Gasteiger partial charge in [0, 0.05) is 41.1 Å². The third-order valence-corrected chi connectivity index (χ3v) is 8.27. The zero-order valence-corrected chi connectivity index (χ0v) is 21.0. The Morgan fingerprint density at radius 1 is 0.889 bits per heavy atom. The van der Waals surface area contributed by atoms with E-state index in [4.69, 9.17) is 0 Å². The van der Waals surface area contributed by atoms with Crippen molar-refractivity contribution in [2.24, 2.45) is 0 Å². The second-order valence-electron chi connectivity index (χ2n) is 8.47. The molecular weight excluding hydrogens is 576 g/mol. The molecule has 0 aliphatic carbocycles. The van der Waals surface area contributed by atoms with Crippen LogP contribution in [0, 0.1) is 0 Å². The van der Waals surface area contributed by atoms with E-state index in [-0.39, 0.29) is 25.1 Å². The zero-order chi connectivity index (χ0) is 26.3. The van der Waals surface area contributed by atoms with Crippen LogP contribution in [-0.2, 0) is 12.4 Å². The summed E-state index contributed by atoms with van der Waals surface area (Å²) in [6.07, 6.45) is -9.18. The first-order valence-corrected chi connectivity index (χ1v) is 12.6. The number of anilines is 1. The summed E-state index contributed by atoms with van der Waals surface area (Å²) in [5, 5.41) is 2.18. The first kappa shape index (κ1) is 26.6. The van der Waals surface area contributed by atoms with Crippen LogP contribution in [0.1, 0.15) is 34.3 Å². The molecule has 2 heterocycles. The van der Waals surface area contributed by atoms with Crippen LogP contribution >= 0.6 is 27.7 Å². The highest BCUT2D eigenvalue weighted by atomic mass is 79.9. The molecule has 0 radical (unpaired) electrons. The van der Waals surface area contributed by atoms with Gasteiger partial charge in [0.2, 0.25) is 0 Å². The Kier molecular flexibility index (Phi) is 7.26. The van der Waals surface area contributed by atoms with Gasteiger partial charge in [0.25, 0.3) is 5.91 Å². The number of nitrogens with one attached hydrogen (secondary N) is 1. The molecule has 2 aromatic rings. The molecule has 0 saturated carbocycles. The monoisotopic (exact) mass is 595 g/mol. The van der Waals surface area contributed by atoms with Crippen molar-refractivity contribution in [3.05, 3.63) is 63.6 Å². The maximum Gasteiger partial charge on any atom is 0.416 e. The summed E-state index contributed by atoms with van der Waals surface area (Å²) in [6, 6.07) is 7.14. The molecule has 0 bridgehead atoms. The molecule has 4 rings (SSSR count). The van der Waals surface area contributed by atoms with Crippen LogP contribution in [-0.4, -0.2) is 52.0 Å². The quantitative estimate of drug-likeness (QED) is 0.393. The minimum Gasteiger partial charge on any atom is -0.324 e. The highest BCUT2D eigenvalue weighted by molar-refractivity contribution is 9.10. The molecule has 3 amide bonds. The van der Waals surface area contributed by atoms with Crippen LogP contribution in [0.15, 0.2) is 46.9 Å². The number of piperidine rings is 1. The highest BCUT2D eigenvalue weighted by Crippen LogP contribution is 2.45. The standard InChI is InChI=1S/C23H20BrF6N3O2S/c24-17-3-1-14(2-4-17)19(34)33-9-10-36-21(33)5-7-32(8-6-21)20(35)31-18-12-15(22(25,26)27)11-16(13-18)23(28,29)30/h1-4,11-13H,5-10H2,(H,31,35). The number of alkyl halides is 6. The first-order chi connectivity index (χ1) is 16.8. The minimum absolute atomic E-state index is 0.00859. The molecule has 2 fully saturated rings. The third-order valence-electron chi connectivity index (χ3n) is 6.18. The fourth-order valence-electron chi connectivity index (χ4n) is 4.35. The van der Waals surface area contributed by atoms with Gasteiger partial charge < -0.3 is 15.1 Å². The number of benzene rings is 2. The lowest BCUT2D eigenvalue weighted by Gasteiger charge is -2.44. The number of nitrogens with zero attached hydrogens (tertiary/aromatic N) is 2. The van der Waals surface area contributed by atoms with Gasteiger partial charge in [-0.15, -0.1) is 11.8 Å². The SMILES string of the molecule is O=C(Nc1cc(C(F)(F)F)cc(C(F)(F)F)c1)N1CCC2(CC1)SCCN2C(=O)c1ccc(Br)cc1. The van der Waals surface area contributed by atoms with Crippen molar-refractivity contribution in [3.63, 3.8) is 0 Å². The molecule has 0 atom stereocenters. The molecular formula is C23H20BrF6N3O2S. The van der Waals surface area contributed by atoms with Gasteiger partial charge in [-0.1, -0.05) is 15.9 Å². The number of thioether (sulfide) groups is 1. The molecule has 0 aromatic heterocycles. The molecule has 2 aromatic carbocycles. The van der Waals surface area contributed by atoms with Crippen molar-refractivity contribution in [1.29, 1.82) is 0 Å². The molecule has 13 heteroatoms. The van der Waals surface area contributed by atoms with Gasteiger partial charge in [-0.25, -0.2) is 4.79 Å². The van der Waals surface area contributed by atoms with E-state index in [1.807, 2.05) is 0 Å². The summed E-state index contributed by atoms with van der Waals surface area (Å²) in [7, 11) is 0. The van der Waals surface area contributed by atoms with E-state index in [2.05, 4.69) is 21.2 Å². The lowest BCUT2D eigenvalue weighted by Crippen LogP contribution is -2.54. The Balaban J connectivity index is 1.45. The summed E-state index contributed by atoms with van der Waals surface area (Å²) >= 11 is 4.95. The fourth-order valence-corrected chi connectivity index (χ4v) is 6.07. The van der Waals surface area contributed by atoms with Gasteiger partial charge in [0.1, 0.15) is 0 Å². The number of hydrogen-bond acceptors (Lipinski definition) is 3. The second kappa shape index (κ2) is 9.81. The molecule has 0 unspecified atom stereocenters. The molecule has 36 heavy (non-hydrogen) atoms. The predicted octanol–water partition coefficient (Wildman–Crippen LogP) is 6.70. The van der Waals surface area contributed by atoms with Gasteiger partial charge in [0.05, 0.1) is 16.0 Å². The number of carbonyl (C=O) groups excluding carboxylic acids is 2. The lowest BCUT2D eigenvalue weighted by atomic mass is 10.0. The van der Waals surface area contributed by atoms with E-state index in [1.54, 1.807) is 40.9 Å². The Morgan fingerprint density at radius 2 is 1.44 bits per heavy atom. The van der Waals surface area contributed by atoms with Crippen LogP contribution in [0.25, 0.3) is 0 Å². The summed E-state index contributed by atoms with van der Waals surface area (Å²) in [4.78, 5) is 28.5. The molecule has 1 N–H and O–H groups in total. The molecule has 5 nitrogen and oxygen atoms in total. The summed E-state index contributed by atoms with van der Waals surface area (Å²) < 4.78 is 79.5. The van der Waals surface area contributed by atoms with Gasteiger partial charge in [0.15, 0.2) is 0 Å². The van der Waals surface area contributed by atoms with Crippen molar-refractivity contribution in [2.75, 3.05) is 30.7 Å². The Labute approximate surface area is 215 Å². The molecule has 2 saturated heterocycles. The maximum atomic E-state index is 13.1. The van der Waals surface area contributed by atoms with Crippen LogP contribution in [0.4, 0.5) is 36.8 Å². The number of rotatable bonds is 2. The average molecular weight is 596 g/mol. The number of carbonyl (C=O) groups is 2. The van der Waals surface area contributed by atoms with E-state index in [9.17, 15) is 35.9 Å². The number of halogens is 7. The predicted molar refractivity (Wildman–Crippen MR) is 127 cm³/mol. The van der Waals surface area contributed by atoms with Crippen molar-refractivity contribution >= 4 is 45.3 Å². The van der Waals surface area contributed by atoms with E-state index in [0.29, 0.717) is 37.1 Å². The number of likely N-dealkylation sites (tertiary alicyclic amines) is 1. The van der Waals surface area contributed by atoms with Gasteiger partial charge in [-0.2, -0.15) is 26.3 Å². The van der Waals surface area contributed by atoms with Crippen molar-refractivity contribution in [3.8, 4) is 0 Å². The fraction of sp³-hybridized carbons (Fsp3) is 0.391. The summed E-state index contributed by atoms with van der Waals surface area (Å²) in [5.74, 6) is 0.591. The van der Waals surface area contributed by atoms with Gasteiger partial charge in [-0.05, 0) is 55.3 Å². The number of amides is 3. The number of hydrogen-bond donors (Lipinski definition) is 1. The van der Waals surface area contributed by atoms with E-state index in [0.717, 1.165) is 10.2 Å². The van der Waals surface area contributed by atoms with E-state index >= 15 is 0 Å². The minimum atomic E-state index is -5.01. The molecule has 2 aliphatic heterocycles. The lowest BCUT2D eigenvalue weighted by molar-refractivity contribution is -0.143. The Bertz CT molecular complexity index is 1120. The topological polar surface area (TPSA) is 52.7 Å². The van der Waals surface area contributed by atoms with Crippen molar-refractivity contribution < 1.29 is 35.9 Å². The normalized spacial score (nSPS) is 18.0. The van der Waals surface area contributed by atoms with Crippen LogP contribution in [0.3, 0.4) is 0 Å². The van der Waals surface area contributed by atoms with Crippen molar-refractivity contribution in [2.45, 2.75) is 30.1 Å². The van der Waals surface area contributed by atoms with Crippen LogP contribution < -0.4 is 5.32 Å². The largest absolute Gasteiger partial charge is 0.416 e. The molecule has 2 aliphatic rings. The number of urea groups is 1. The highest BCUT2D eigenvalue weighted by Gasteiger charge is 2.47. The van der Waals surface area contributed by atoms with Crippen molar-refractivity contribution in [1.82, 2.24) is 9.80 Å². The Morgan fingerprint density at radius 3 is 1.97 bits per heavy atom. The van der Waals surface area contributed by atoms with Gasteiger partial charge in [-0.3, -0.25) is 4.79 Å². The first-order valence-electron chi connectivity index (χ1n) is 10.9. The van der Waals surface area contributed by atoms with Crippen LogP contribution in [0.2, 0.25) is 0 Å². The van der Waals surface area contributed by atoms with Gasteiger partial charge >= 0.3 is 18.4 Å². The second-order valence-corrected chi connectivity index (χ2v) is 10.8. The summed E-state index contributed by atoms with van der Waals surface area (Å²) in [5.41, 5.74) is -3.07. The maximum absolute atomic E-state index is 13.1. The van der Waals surface area contributed by atoms with E-state index in [1.165, 1.54) is 4.90 Å².